The molecule has 8 nitrogen and oxygen atoms in total. The van der Waals surface area contributed by atoms with Crippen molar-refractivity contribution >= 4 is 23.0 Å². The molecule has 0 aliphatic rings. The smallest absolute Gasteiger partial charge is 0.342 e. The van der Waals surface area contributed by atoms with Crippen LogP contribution in [0.5, 0.6) is 0 Å². The highest BCUT2D eigenvalue weighted by Crippen LogP contribution is 2.23. The molecule has 3 rings (SSSR count). The molecule has 3 aromatic rings. The summed E-state index contributed by atoms with van der Waals surface area (Å²) in [7, 11) is 0. The van der Waals surface area contributed by atoms with Crippen molar-refractivity contribution in [1.29, 1.82) is 0 Å². The molecule has 0 aliphatic carbocycles. The van der Waals surface area contributed by atoms with Gasteiger partial charge >= 0.3 is 5.97 Å². The Morgan fingerprint density at radius 2 is 1.93 bits per heavy atom. The van der Waals surface area contributed by atoms with Crippen molar-refractivity contribution in [2.75, 3.05) is 6.61 Å². The third kappa shape index (κ3) is 4.27. The van der Waals surface area contributed by atoms with E-state index in [0.717, 1.165) is 10.1 Å². The van der Waals surface area contributed by atoms with E-state index in [9.17, 15) is 14.4 Å². The number of amides is 1. The van der Waals surface area contributed by atoms with Crippen LogP contribution in [0.3, 0.4) is 0 Å². The van der Waals surface area contributed by atoms with Gasteiger partial charge in [0, 0.05) is 0 Å². The zero-order chi connectivity index (χ0) is 21.8. The molecule has 1 N–H and O–H groups in total. The molecule has 1 aromatic carbocycles. The molecule has 0 saturated carbocycles. The lowest BCUT2D eigenvalue weighted by molar-refractivity contribution is -0.122. The Balaban J connectivity index is 1.89. The lowest BCUT2D eigenvalue weighted by Gasteiger charge is -2.23. The fraction of sp³-hybridized carbons (Fsp3) is 0.364. The summed E-state index contributed by atoms with van der Waals surface area (Å²) >= 11 is 0. The minimum absolute atomic E-state index is 0.0183. The first-order chi connectivity index (χ1) is 14.3. The number of aromatic nitrogens is 2. The van der Waals surface area contributed by atoms with Crippen molar-refractivity contribution in [2.45, 2.75) is 40.3 Å². The maximum Gasteiger partial charge on any atom is 0.342 e. The highest BCUT2D eigenvalue weighted by molar-refractivity contribution is 6.03. The van der Waals surface area contributed by atoms with Crippen LogP contribution in [-0.2, 0) is 16.1 Å². The van der Waals surface area contributed by atoms with Crippen LogP contribution >= 0.6 is 0 Å². The molecule has 0 fully saturated rings. The van der Waals surface area contributed by atoms with Crippen LogP contribution in [0.2, 0.25) is 0 Å². The van der Waals surface area contributed by atoms with Crippen molar-refractivity contribution in [2.24, 2.45) is 5.92 Å². The molecule has 1 atom stereocenters. The molecule has 2 heterocycles. The Hall–Kier alpha value is -3.42. The maximum absolute atomic E-state index is 13.0. The highest BCUT2D eigenvalue weighted by Gasteiger charge is 2.25. The number of ether oxygens (including phenoxy) is 1. The summed E-state index contributed by atoms with van der Waals surface area (Å²) in [4.78, 5) is 42.0. The predicted octanol–water partition coefficient (Wildman–Crippen LogP) is 2.99. The monoisotopic (exact) mass is 411 g/mol. The van der Waals surface area contributed by atoms with E-state index in [1.165, 1.54) is 6.33 Å². The second-order valence-electron chi connectivity index (χ2n) is 7.31. The summed E-state index contributed by atoms with van der Waals surface area (Å²) in [5.74, 6) is -0.586. The van der Waals surface area contributed by atoms with Crippen LogP contribution in [0.25, 0.3) is 11.1 Å². The van der Waals surface area contributed by atoms with Gasteiger partial charge in [-0.15, -0.1) is 0 Å². The molecule has 30 heavy (non-hydrogen) atoms. The maximum atomic E-state index is 13.0. The molecule has 0 aliphatic heterocycles. The summed E-state index contributed by atoms with van der Waals surface area (Å²) < 4.78 is 11.6. The number of carbonyl (C=O) groups excluding carboxylic acids is 2. The predicted molar refractivity (Wildman–Crippen MR) is 111 cm³/mol. The van der Waals surface area contributed by atoms with Crippen LogP contribution in [0.1, 0.15) is 48.5 Å². The van der Waals surface area contributed by atoms with Gasteiger partial charge in [0.05, 0.1) is 12.6 Å². The average molecular weight is 411 g/mol. The number of nitrogens with zero attached hydrogens (tertiary/aromatic N) is 2. The van der Waals surface area contributed by atoms with Gasteiger partial charge in [0.1, 0.15) is 29.6 Å². The molecule has 0 radical (unpaired) electrons. The summed E-state index contributed by atoms with van der Waals surface area (Å²) in [6, 6.07) is 9.44. The Morgan fingerprint density at radius 1 is 1.23 bits per heavy atom. The summed E-state index contributed by atoms with van der Waals surface area (Å²) in [5.41, 5.74) is 0.540. The summed E-state index contributed by atoms with van der Waals surface area (Å²) in [5, 5.41) is 3.00. The molecule has 1 amide bonds. The largest absolute Gasteiger partial charge is 0.462 e. The molecular formula is C22H25N3O5. The lowest BCUT2D eigenvalue weighted by atomic mass is 9.96. The van der Waals surface area contributed by atoms with Gasteiger partial charge in [-0.05, 0) is 25.3 Å². The summed E-state index contributed by atoms with van der Waals surface area (Å²) in [6.07, 6.45) is 1.25. The normalized spacial score (nSPS) is 12.2. The molecule has 158 valence electrons. The molecule has 0 bridgehead atoms. The van der Waals surface area contributed by atoms with Gasteiger partial charge in [0.2, 0.25) is 11.6 Å². The molecular weight excluding hydrogens is 386 g/mol. The van der Waals surface area contributed by atoms with Crippen molar-refractivity contribution in [3.63, 3.8) is 0 Å². The Labute approximate surface area is 173 Å². The number of aryl methyl sites for hydroxylation is 1. The van der Waals surface area contributed by atoms with Gasteiger partial charge in [-0.3, -0.25) is 14.2 Å². The van der Waals surface area contributed by atoms with E-state index in [0.29, 0.717) is 0 Å². The van der Waals surface area contributed by atoms with Crippen LogP contribution in [0, 0.1) is 12.8 Å². The fourth-order valence-electron chi connectivity index (χ4n) is 3.37. The first-order valence-electron chi connectivity index (χ1n) is 9.83. The Morgan fingerprint density at radius 3 is 2.57 bits per heavy atom. The third-order valence-corrected chi connectivity index (χ3v) is 4.79. The minimum atomic E-state index is -0.654. The van der Waals surface area contributed by atoms with Crippen molar-refractivity contribution in [3.05, 3.63) is 63.9 Å². The number of nitrogens with one attached hydrogen (secondary N) is 1. The number of rotatable bonds is 7. The molecule has 0 saturated heterocycles. The zero-order valence-electron chi connectivity index (χ0n) is 17.5. The van der Waals surface area contributed by atoms with E-state index < -0.39 is 11.5 Å². The number of carbonyl (C=O) groups is 2. The van der Waals surface area contributed by atoms with Crippen molar-refractivity contribution in [3.8, 4) is 0 Å². The molecule has 0 spiro atoms. The van der Waals surface area contributed by atoms with Crippen LogP contribution in [0.4, 0.5) is 0 Å². The van der Waals surface area contributed by atoms with E-state index in [1.807, 2.05) is 44.2 Å². The quantitative estimate of drug-likeness (QED) is 0.600. The van der Waals surface area contributed by atoms with Gasteiger partial charge in [0.25, 0.3) is 5.56 Å². The molecule has 2 aromatic heterocycles. The van der Waals surface area contributed by atoms with Gasteiger partial charge in [-0.2, -0.15) is 0 Å². The van der Waals surface area contributed by atoms with Crippen LogP contribution < -0.4 is 10.9 Å². The molecule has 8 heteroatoms. The van der Waals surface area contributed by atoms with Gasteiger partial charge in [-0.1, -0.05) is 44.2 Å². The minimum Gasteiger partial charge on any atom is -0.462 e. The second-order valence-corrected chi connectivity index (χ2v) is 7.31. The topological polar surface area (TPSA) is 103 Å². The first-order valence-corrected chi connectivity index (χ1v) is 9.83. The van der Waals surface area contributed by atoms with E-state index in [2.05, 4.69) is 10.3 Å². The number of furan rings is 1. The first kappa shape index (κ1) is 21.3. The van der Waals surface area contributed by atoms with Gasteiger partial charge in [0.15, 0.2) is 0 Å². The van der Waals surface area contributed by atoms with Crippen LogP contribution in [0.15, 0.2) is 45.9 Å². The number of hydrogen-bond acceptors (Lipinski definition) is 6. The van der Waals surface area contributed by atoms with E-state index >= 15 is 0 Å². The number of benzene rings is 1. The number of esters is 1. The zero-order valence-corrected chi connectivity index (χ0v) is 17.5. The Bertz CT molecular complexity index is 1110. The van der Waals surface area contributed by atoms with Gasteiger partial charge < -0.3 is 14.5 Å². The Kier molecular flexibility index (Phi) is 6.34. The standard InChI is InChI=1S/C22H25N3O5/c1-5-29-22(28)17-14(4)30-20-18(17)21(27)25(12-23-20)11-16(26)24-19(13(2)3)15-9-7-6-8-10-15/h6-10,12-13,19H,5,11H2,1-4H3,(H,24,26)/t19-/m1/s1. The fourth-order valence-corrected chi connectivity index (χ4v) is 3.37. The SMILES string of the molecule is CCOC(=O)c1c(C)oc2ncn(CC(=O)N[C@@H](c3ccccc3)C(C)C)c(=O)c12. The van der Waals surface area contributed by atoms with E-state index in [4.69, 9.17) is 9.15 Å². The van der Waals surface area contributed by atoms with E-state index in [1.54, 1.807) is 13.8 Å². The average Bonchev–Trinajstić information content (AvgIpc) is 3.06. The number of hydrogen-bond donors (Lipinski definition) is 1. The van der Waals surface area contributed by atoms with Crippen LogP contribution in [-0.4, -0.2) is 28.0 Å². The lowest BCUT2D eigenvalue weighted by Crippen LogP contribution is -2.36. The molecule has 0 unspecified atom stereocenters. The van der Waals surface area contributed by atoms with E-state index in [-0.39, 0.29) is 53.4 Å². The second kappa shape index (κ2) is 8.94. The van der Waals surface area contributed by atoms with Gasteiger partial charge in [-0.25, -0.2) is 9.78 Å². The van der Waals surface area contributed by atoms with Crippen molar-refractivity contribution < 1.29 is 18.7 Å². The highest BCUT2D eigenvalue weighted by atomic mass is 16.5. The number of fused-ring (bicyclic) bond motifs is 1. The third-order valence-electron chi connectivity index (χ3n) is 4.79. The van der Waals surface area contributed by atoms with Crippen molar-refractivity contribution in [1.82, 2.24) is 14.9 Å². The summed E-state index contributed by atoms with van der Waals surface area (Å²) in [6.45, 7) is 7.20.